The summed E-state index contributed by atoms with van der Waals surface area (Å²) in [4.78, 5) is 26.6. The molecule has 38 heavy (non-hydrogen) atoms. The molecule has 6 rings (SSSR count). The number of amides is 1. The lowest BCUT2D eigenvalue weighted by Crippen LogP contribution is -2.47. The summed E-state index contributed by atoms with van der Waals surface area (Å²) in [6.45, 7) is 4.11. The molecule has 5 aromatic rings. The van der Waals surface area contributed by atoms with Crippen LogP contribution in [0.25, 0.3) is 33.6 Å². The molecule has 0 spiro atoms. The molecule has 0 unspecified atom stereocenters. The van der Waals surface area contributed by atoms with Crippen molar-refractivity contribution in [3.63, 3.8) is 0 Å². The quantitative estimate of drug-likeness (QED) is 0.300. The number of aromatic nitrogens is 4. The molecule has 2 aromatic carbocycles. The van der Waals surface area contributed by atoms with E-state index in [0.717, 1.165) is 48.6 Å². The van der Waals surface area contributed by atoms with Crippen LogP contribution in [0.1, 0.15) is 0 Å². The van der Waals surface area contributed by atoms with Gasteiger partial charge in [-0.05, 0) is 36.9 Å². The van der Waals surface area contributed by atoms with Gasteiger partial charge in [0, 0.05) is 60.9 Å². The highest BCUT2D eigenvalue weighted by Crippen LogP contribution is 2.30. The molecular formula is C28H28N8O2. The summed E-state index contributed by atoms with van der Waals surface area (Å²) >= 11 is 0. The van der Waals surface area contributed by atoms with Gasteiger partial charge in [0.05, 0.1) is 19.0 Å². The van der Waals surface area contributed by atoms with Crippen molar-refractivity contribution in [3.05, 3.63) is 73.3 Å². The number of nitrogens with one attached hydrogen (secondary N) is 3. The molecule has 0 aliphatic carbocycles. The van der Waals surface area contributed by atoms with E-state index in [-0.39, 0.29) is 5.91 Å². The number of hydrogen-bond acceptors (Lipinski definition) is 8. The number of likely N-dealkylation sites (N-methyl/N-ethyl adjacent to an activating group) is 1. The standard InChI is InChI=1S/C28H28N8O2/c1-35-10-12-36(13-11-35)18-25(37)31-23-4-2-3-20(15-23)27-33-24-9-14-38-26(24)28(34-27)32-22-7-5-19(6-8-22)21-16-29-30-17-21/h2-9,14-17H,10-13,18H2,1H3,(H,29,30)(H,31,37)(H,32,33,34). The number of H-pyrrole nitrogens is 1. The molecule has 0 bridgehead atoms. The summed E-state index contributed by atoms with van der Waals surface area (Å²) in [6, 6.07) is 17.4. The first-order chi connectivity index (χ1) is 18.6. The third kappa shape index (κ3) is 5.26. The van der Waals surface area contributed by atoms with Gasteiger partial charge >= 0.3 is 0 Å². The lowest BCUT2D eigenvalue weighted by Gasteiger charge is -2.31. The van der Waals surface area contributed by atoms with E-state index in [0.29, 0.717) is 35.0 Å². The van der Waals surface area contributed by atoms with Crippen LogP contribution in [0.3, 0.4) is 0 Å². The normalized spacial score (nSPS) is 14.6. The molecule has 0 saturated carbocycles. The highest BCUT2D eigenvalue weighted by molar-refractivity contribution is 5.93. The van der Waals surface area contributed by atoms with Gasteiger partial charge in [-0.25, -0.2) is 9.97 Å². The van der Waals surface area contributed by atoms with Crippen molar-refractivity contribution in [2.45, 2.75) is 0 Å². The van der Waals surface area contributed by atoms with Crippen molar-refractivity contribution < 1.29 is 9.21 Å². The number of anilines is 3. The molecule has 3 aromatic heterocycles. The highest BCUT2D eigenvalue weighted by Gasteiger charge is 2.17. The summed E-state index contributed by atoms with van der Waals surface area (Å²) in [5.41, 5.74) is 5.71. The van der Waals surface area contributed by atoms with E-state index in [4.69, 9.17) is 14.4 Å². The van der Waals surface area contributed by atoms with E-state index in [1.54, 1.807) is 12.5 Å². The van der Waals surface area contributed by atoms with Crippen molar-refractivity contribution in [3.8, 4) is 22.5 Å². The Morgan fingerprint density at radius 1 is 0.974 bits per heavy atom. The second-order valence-corrected chi connectivity index (χ2v) is 9.43. The first-order valence-electron chi connectivity index (χ1n) is 12.5. The molecule has 10 heteroatoms. The Kier molecular flexibility index (Phi) is 6.55. The average molecular weight is 509 g/mol. The van der Waals surface area contributed by atoms with E-state index in [1.807, 2.05) is 60.8 Å². The van der Waals surface area contributed by atoms with E-state index in [1.165, 1.54) is 0 Å². The molecule has 4 heterocycles. The fourth-order valence-electron chi connectivity index (χ4n) is 4.51. The number of fused-ring (bicyclic) bond motifs is 1. The number of benzene rings is 2. The zero-order valence-electron chi connectivity index (χ0n) is 21.0. The number of carbonyl (C=O) groups is 1. The number of rotatable bonds is 7. The maximum absolute atomic E-state index is 12.7. The minimum absolute atomic E-state index is 0.0286. The maximum atomic E-state index is 12.7. The fourth-order valence-corrected chi connectivity index (χ4v) is 4.51. The van der Waals surface area contributed by atoms with E-state index in [2.05, 4.69) is 37.7 Å². The zero-order chi connectivity index (χ0) is 25.9. The van der Waals surface area contributed by atoms with Gasteiger partial charge in [-0.15, -0.1) is 0 Å². The molecule has 192 valence electrons. The Balaban J connectivity index is 1.21. The molecule has 0 atom stereocenters. The molecule has 1 aliphatic heterocycles. The second kappa shape index (κ2) is 10.4. The Hall–Kier alpha value is -4.54. The second-order valence-electron chi connectivity index (χ2n) is 9.43. The summed E-state index contributed by atoms with van der Waals surface area (Å²) in [7, 11) is 2.10. The topological polar surface area (TPSA) is 115 Å². The Labute approximate surface area is 219 Å². The van der Waals surface area contributed by atoms with Crippen LogP contribution in [0.15, 0.2) is 77.7 Å². The molecule has 3 N–H and O–H groups in total. The number of furan rings is 1. The SMILES string of the molecule is CN1CCN(CC(=O)Nc2cccc(-c3nc(Nc4ccc(-c5cn[nH]c5)cc4)c4occc4n3)c2)CC1. The number of aromatic amines is 1. The van der Waals surface area contributed by atoms with Crippen LogP contribution in [0.4, 0.5) is 17.2 Å². The first-order valence-corrected chi connectivity index (χ1v) is 12.5. The van der Waals surface area contributed by atoms with Crippen LogP contribution in [-0.4, -0.2) is 75.6 Å². The minimum atomic E-state index is -0.0286. The van der Waals surface area contributed by atoms with Gasteiger partial charge in [-0.1, -0.05) is 24.3 Å². The molecular weight excluding hydrogens is 480 g/mol. The van der Waals surface area contributed by atoms with Gasteiger partial charge in [0.2, 0.25) is 5.91 Å². The van der Waals surface area contributed by atoms with Crippen LogP contribution in [0.2, 0.25) is 0 Å². The first kappa shape index (κ1) is 23.8. The molecule has 0 radical (unpaired) electrons. The molecule has 1 fully saturated rings. The van der Waals surface area contributed by atoms with Gasteiger partial charge < -0.3 is 20.0 Å². The van der Waals surface area contributed by atoms with Crippen LogP contribution >= 0.6 is 0 Å². The summed E-state index contributed by atoms with van der Waals surface area (Å²) in [5.74, 6) is 1.07. The van der Waals surface area contributed by atoms with Crippen LogP contribution in [0, 0.1) is 0 Å². The summed E-state index contributed by atoms with van der Waals surface area (Å²) in [5, 5.41) is 13.2. The molecule has 1 saturated heterocycles. The fraction of sp³-hybridized carbons (Fsp3) is 0.214. The maximum Gasteiger partial charge on any atom is 0.238 e. The Morgan fingerprint density at radius 3 is 2.61 bits per heavy atom. The average Bonchev–Trinajstić information content (AvgIpc) is 3.63. The number of piperazine rings is 1. The number of carbonyl (C=O) groups excluding carboxylic acids is 1. The smallest absolute Gasteiger partial charge is 0.238 e. The largest absolute Gasteiger partial charge is 0.459 e. The van der Waals surface area contributed by atoms with Crippen molar-refractivity contribution >= 4 is 34.2 Å². The monoisotopic (exact) mass is 508 g/mol. The molecule has 1 aliphatic rings. The third-order valence-corrected chi connectivity index (χ3v) is 6.65. The van der Waals surface area contributed by atoms with Gasteiger partial charge in [0.15, 0.2) is 17.2 Å². The molecule has 10 nitrogen and oxygen atoms in total. The highest BCUT2D eigenvalue weighted by atomic mass is 16.3. The van der Waals surface area contributed by atoms with Crippen LogP contribution in [-0.2, 0) is 4.79 Å². The van der Waals surface area contributed by atoms with Crippen molar-refractivity contribution in [2.75, 3.05) is 50.4 Å². The van der Waals surface area contributed by atoms with Crippen molar-refractivity contribution in [1.82, 2.24) is 30.0 Å². The van der Waals surface area contributed by atoms with Crippen molar-refractivity contribution in [2.24, 2.45) is 0 Å². The molecule has 1 amide bonds. The van der Waals surface area contributed by atoms with Gasteiger partial charge in [-0.3, -0.25) is 14.8 Å². The Bertz CT molecular complexity index is 1540. The number of nitrogens with zero attached hydrogens (tertiary/aromatic N) is 5. The zero-order valence-corrected chi connectivity index (χ0v) is 21.0. The van der Waals surface area contributed by atoms with E-state index >= 15 is 0 Å². The van der Waals surface area contributed by atoms with Gasteiger partial charge in [-0.2, -0.15) is 5.10 Å². The summed E-state index contributed by atoms with van der Waals surface area (Å²) in [6.07, 6.45) is 5.24. The lowest BCUT2D eigenvalue weighted by atomic mass is 10.1. The van der Waals surface area contributed by atoms with E-state index in [9.17, 15) is 4.79 Å². The summed E-state index contributed by atoms with van der Waals surface area (Å²) < 4.78 is 5.69. The Morgan fingerprint density at radius 2 is 1.82 bits per heavy atom. The number of hydrogen-bond donors (Lipinski definition) is 3. The minimum Gasteiger partial charge on any atom is -0.459 e. The van der Waals surface area contributed by atoms with Gasteiger partial charge in [0.25, 0.3) is 0 Å². The predicted octanol–water partition coefficient (Wildman–Crippen LogP) is 4.21. The lowest BCUT2D eigenvalue weighted by molar-refractivity contribution is -0.117. The van der Waals surface area contributed by atoms with Crippen LogP contribution < -0.4 is 10.6 Å². The third-order valence-electron chi connectivity index (χ3n) is 6.65. The van der Waals surface area contributed by atoms with E-state index < -0.39 is 0 Å². The van der Waals surface area contributed by atoms with Crippen molar-refractivity contribution in [1.29, 1.82) is 0 Å². The van der Waals surface area contributed by atoms with Crippen LogP contribution in [0.5, 0.6) is 0 Å². The van der Waals surface area contributed by atoms with Gasteiger partial charge in [0.1, 0.15) is 5.52 Å². The predicted molar refractivity (Wildman–Crippen MR) is 147 cm³/mol.